The largest absolute Gasteiger partial charge is 0.314 e. The summed E-state index contributed by atoms with van der Waals surface area (Å²) in [5, 5.41) is 7.39. The molecule has 0 saturated carbocycles. The van der Waals surface area contributed by atoms with Crippen LogP contribution in [0.4, 0.5) is 0 Å². The van der Waals surface area contributed by atoms with Crippen LogP contribution in [0.3, 0.4) is 0 Å². The fraction of sp³-hybridized carbons (Fsp3) is 0.727. The van der Waals surface area contributed by atoms with E-state index in [1.807, 2.05) is 6.92 Å². The number of aryl methyl sites for hydroxylation is 2. The molecule has 2 heterocycles. The van der Waals surface area contributed by atoms with Crippen molar-refractivity contribution < 1.29 is 8.42 Å². The van der Waals surface area contributed by atoms with Gasteiger partial charge in [-0.1, -0.05) is 0 Å². The lowest BCUT2D eigenvalue weighted by Gasteiger charge is -2.32. The minimum Gasteiger partial charge on any atom is -0.314 e. The second-order valence-electron chi connectivity index (χ2n) is 4.79. The van der Waals surface area contributed by atoms with E-state index in [2.05, 4.69) is 10.4 Å². The van der Waals surface area contributed by atoms with Crippen molar-refractivity contribution in [1.82, 2.24) is 19.4 Å². The molecule has 1 aromatic heterocycles. The molecule has 6 nitrogen and oxygen atoms in total. The van der Waals surface area contributed by atoms with Gasteiger partial charge < -0.3 is 5.32 Å². The lowest BCUT2D eigenvalue weighted by Crippen LogP contribution is -2.52. The molecule has 1 aliphatic heterocycles. The van der Waals surface area contributed by atoms with E-state index in [9.17, 15) is 8.42 Å². The van der Waals surface area contributed by atoms with Crippen molar-refractivity contribution in [3.05, 3.63) is 11.4 Å². The lowest BCUT2D eigenvalue weighted by atomic mass is 10.3. The molecule has 18 heavy (non-hydrogen) atoms. The molecule has 0 aromatic carbocycles. The minimum absolute atomic E-state index is 0.0252. The van der Waals surface area contributed by atoms with Gasteiger partial charge in [0.25, 0.3) is 0 Å². The highest BCUT2D eigenvalue weighted by Crippen LogP contribution is 2.24. The van der Waals surface area contributed by atoms with Crippen LogP contribution < -0.4 is 5.32 Å². The number of aromatic nitrogens is 2. The predicted molar refractivity (Wildman–Crippen MR) is 68.9 cm³/mol. The van der Waals surface area contributed by atoms with Crippen molar-refractivity contribution >= 4 is 10.0 Å². The van der Waals surface area contributed by atoms with Crippen molar-refractivity contribution in [1.29, 1.82) is 0 Å². The zero-order chi connectivity index (χ0) is 13.5. The maximum absolute atomic E-state index is 12.7. The van der Waals surface area contributed by atoms with E-state index in [1.165, 1.54) is 0 Å². The van der Waals surface area contributed by atoms with Crippen LogP contribution in [0.25, 0.3) is 0 Å². The predicted octanol–water partition coefficient (Wildman–Crippen LogP) is 0.0193. The zero-order valence-corrected chi connectivity index (χ0v) is 12.1. The van der Waals surface area contributed by atoms with Gasteiger partial charge in [0.1, 0.15) is 4.90 Å². The summed E-state index contributed by atoms with van der Waals surface area (Å²) >= 11 is 0. The number of rotatable bonds is 2. The van der Waals surface area contributed by atoms with Crippen LogP contribution in [0, 0.1) is 13.8 Å². The van der Waals surface area contributed by atoms with Gasteiger partial charge in [0.2, 0.25) is 10.0 Å². The van der Waals surface area contributed by atoms with Gasteiger partial charge in [-0.2, -0.15) is 9.40 Å². The molecule has 1 fully saturated rings. The second-order valence-corrected chi connectivity index (χ2v) is 6.62. The maximum Gasteiger partial charge on any atom is 0.247 e. The van der Waals surface area contributed by atoms with Crippen molar-refractivity contribution in [2.45, 2.75) is 31.7 Å². The van der Waals surface area contributed by atoms with E-state index in [-0.39, 0.29) is 6.04 Å². The highest BCUT2D eigenvalue weighted by molar-refractivity contribution is 7.89. The van der Waals surface area contributed by atoms with Crippen molar-refractivity contribution in [2.24, 2.45) is 7.05 Å². The SMILES string of the molecule is Cc1nn(C)c(C)c1S(=O)(=O)N1CCNCC1C. The average molecular weight is 272 g/mol. The van der Waals surface area contributed by atoms with Gasteiger partial charge in [-0.25, -0.2) is 8.42 Å². The van der Waals surface area contributed by atoms with E-state index < -0.39 is 10.0 Å². The molecule has 102 valence electrons. The molecule has 2 rings (SSSR count). The average Bonchev–Trinajstić information content (AvgIpc) is 2.53. The van der Waals surface area contributed by atoms with Gasteiger partial charge in [-0.3, -0.25) is 4.68 Å². The molecule has 0 radical (unpaired) electrons. The number of nitrogens with one attached hydrogen (secondary N) is 1. The molecule has 7 heteroatoms. The Bertz CT molecular complexity index is 550. The Morgan fingerprint density at radius 1 is 1.39 bits per heavy atom. The van der Waals surface area contributed by atoms with Crippen LogP contribution in [0.5, 0.6) is 0 Å². The monoisotopic (exact) mass is 272 g/mol. The fourth-order valence-electron chi connectivity index (χ4n) is 2.42. The summed E-state index contributed by atoms with van der Waals surface area (Å²) in [5.41, 5.74) is 1.26. The summed E-state index contributed by atoms with van der Waals surface area (Å²) in [6.07, 6.45) is 0. The van der Waals surface area contributed by atoms with Gasteiger partial charge in [0.05, 0.1) is 11.4 Å². The third-order valence-electron chi connectivity index (χ3n) is 3.45. The first-order valence-corrected chi connectivity index (χ1v) is 7.52. The standard InChI is InChI=1S/C11H20N4O2S/c1-8-7-12-5-6-15(8)18(16,17)11-9(2)13-14(4)10(11)3/h8,12H,5-7H2,1-4H3. The summed E-state index contributed by atoms with van der Waals surface area (Å²) in [5.74, 6) is 0. The van der Waals surface area contributed by atoms with Crippen LogP contribution in [-0.2, 0) is 17.1 Å². The summed E-state index contributed by atoms with van der Waals surface area (Å²) in [6.45, 7) is 7.36. The topological polar surface area (TPSA) is 67.2 Å². The molecule has 1 N–H and O–H groups in total. The first-order chi connectivity index (χ1) is 8.35. The molecular formula is C11H20N4O2S. The lowest BCUT2D eigenvalue weighted by molar-refractivity contribution is 0.283. The molecule has 1 unspecified atom stereocenters. The summed E-state index contributed by atoms with van der Waals surface area (Å²) < 4.78 is 28.6. The van der Waals surface area contributed by atoms with E-state index in [4.69, 9.17) is 0 Å². The van der Waals surface area contributed by atoms with Gasteiger partial charge >= 0.3 is 0 Å². The number of piperazine rings is 1. The van der Waals surface area contributed by atoms with Crippen LogP contribution in [0.1, 0.15) is 18.3 Å². The molecule has 0 amide bonds. The Kier molecular flexibility index (Phi) is 3.48. The van der Waals surface area contributed by atoms with Crippen LogP contribution in [0.2, 0.25) is 0 Å². The Labute approximate surface area is 108 Å². The normalized spacial score (nSPS) is 22.3. The first-order valence-electron chi connectivity index (χ1n) is 6.08. The summed E-state index contributed by atoms with van der Waals surface area (Å²) in [7, 11) is -1.68. The van der Waals surface area contributed by atoms with Gasteiger partial charge in [0, 0.05) is 32.7 Å². The molecule has 1 saturated heterocycles. The summed E-state index contributed by atoms with van der Waals surface area (Å²) in [6, 6.07) is -0.0252. The molecule has 1 atom stereocenters. The third kappa shape index (κ3) is 2.06. The molecular weight excluding hydrogens is 252 g/mol. The highest BCUT2D eigenvalue weighted by atomic mass is 32.2. The zero-order valence-electron chi connectivity index (χ0n) is 11.3. The van der Waals surface area contributed by atoms with E-state index in [0.717, 1.165) is 0 Å². The van der Waals surface area contributed by atoms with Crippen molar-refractivity contribution in [3.63, 3.8) is 0 Å². The van der Waals surface area contributed by atoms with Crippen molar-refractivity contribution in [2.75, 3.05) is 19.6 Å². The Morgan fingerprint density at radius 2 is 2.06 bits per heavy atom. The quantitative estimate of drug-likeness (QED) is 0.824. The van der Waals surface area contributed by atoms with Gasteiger partial charge in [-0.15, -0.1) is 0 Å². The van der Waals surface area contributed by atoms with Crippen molar-refractivity contribution in [3.8, 4) is 0 Å². The van der Waals surface area contributed by atoms with E-state index >= 15 is 0 Å². The first kappa shape index (κ1) is 13.5. The Hall–Kier alpha value is -0.920. The second kappa shape index (κ2) is 4.64. The number of hydrogen-bond acceptors (Lipinski definition) is 4. The molecule has 0 bridgehead atoms. The van der Waals surface area contributed by atoms with E-state index in [1.54, 1.807) is 29.9 Å². The number of nitrogens with zero attached hydrogens (tertiary/aromatic N) is 3. The highest BCUT2D eigenvalue weighted by Gasteiger charge is 2.34. The Morgan fingerprint density at radius 3 is 2.56 bits per heavy atom. The molecule has 1 aliphatic rings. The maximum atomic E-state index is 12.7. The molecule has 1 aromatic rings. The number of hydrogen-bond donors (Lipinski definition) is 1. The van der Waals surface area contributed by atoms with Crippen LogP contribution >= 0.6 is 0 Å². The Balaban J connectivity index is 2.47. The smallest absolute Gasteiger partial charge is 0.247 e. The van der Waals surface area contributed by atoms with Crippen LogP contribution in [0.15, 0.2) is 4.90 Å². The fourth-order valence-corrected chi connectivity index (χ4v) is 4.46. The third-order valence-corrected chi connectivity index (χ3v) is 5.72. The van der Waals surface area contributed by atoms with E-state index in [0.29, 0.717) is 35.9 Å². The van der Waals surface area contributed by atoms with Gasteiger partial charge in [0.15, 0.2) is 0 Å². The van der Waals surface area contributed by atoms with Gasteiger partial charge in [-0.05, 0) is 20.8 Å². The summed E-state index contributed by atoms with van der Waals surface area (Å²) in [4.78, 5) is 0.360. The molecule has 0 aliphatic carbocycles. The molecule has 0 spiro atoms. The minimum atomic E-state index is -3.44. The van der Waals surface area contributed by atoms with Crippen LogP contribution in [-0.4, -0.2) is 48.2 Å². The number of sulfonamides is 1.